The maximum Gasteiger partial charge on any atom is 0.148 e. The zero-order valence-electron chi connectivity index (χ0n) is 9.89. The van der Waals surface area contributed by atoms with Gasteiger partial charge in [0.1, 0.15) is 17.2 Å². The van der Waals surface area contributed by atoms with Crippen LogP contribution >= 0.6 is 0 Å². The molecule has 2 rings (SSSR count). The van der Waals surface area contributed by atoms with Gasteiger partial charge in [0.25, 0.3) is 0 Å². The van der Waals surface area contributed by atoms with Gasteiger partial charge in [-0.25, -0.2) is 9.07 Å². The van der Waals surface area contributed by atoms with Crippen LogP contribution in [0.4, 0.5) is 4.39 Å². The van der Waals surface area contributed by atoms with E-state index >= 15 is 0 Å². The lowest BCUT2D eigenvalue weighted by atomic mass is 10.1. The number of benzene rings is 1. The summed E-state index contributed by atoms with van der Waals surface area (Å²) in [6.45, 7) is 4.33. The van der Waals surface area contributed by atoms with Crippen LogP contribution in [0.15, 0.2) is 24.3 Å². The van der Waals surface area contributed by atoms with Crippen LogP contribution in [0.25, 0.3) is 5.69 Å². The van der Waals surface area contributed by atoms with Crippen molar-refractivity contribution in [2.75, 3.05) is 0 Å². The van der Waals surface area contributed by atoms with Gasteiger partial charge in [0, 0.05) is 6.54 Å². The normalized spacial score (nSPS) is 11.1. The Hall–Kier alpha value is -1.75. The van der Waals surface area contributed by atoms with Crippen molar-refractivity contribution >= 4 is 0 Å². The van der Waals surface area contributed by atoms with E-state index < -0.39 is 0 Å². The number of nitrogens with zero attached hydrogens (tertiary/aromatic N) is 3. The molecule has 17 heavy (non-hydrogen) atoms. The maximum absolute atomic E-state index is 13.7. The Morgan fingerprint density at radius 3 is 2.65 bits per heavy atom. The average Bonchev–Trinajstić information content (AvgIpc) is 2.73. The van der Waals surface area contributed by atoms with E-state index in [1.54, 1.807) is 18.2 Å². The quantitative estimate of drug-likeness (QED) is 0.883. The van der Waals surface area contributed by atoms with Gasteiger partial charge in [-0.3, -0.25) is 0 Å². The summed E-state index contributed by atoms with van der Waals surface area (Å²) in [6.07, 6.45) is 0. The van der Waals surface area contributed by atoms with E-state index in [-0.39, 0.29) is 11.7 Å². The Balaban J connectivity index is 2.60. The van der Waals surface area contributed by atoms with E-state index in [1.807, 2.05) is 13.8 Å². The molecule has 0 spiro atoms. The molecule has 0 radical (unpaired) electrons. The van der Waals surface area contributed by atoms with Gasteiger partial charge in [-0.2, -0.15) is 0 Å². The Morgan fingerprint density at radius 2 is 2.06 bits per heavy atom. The van der Waals surface area contributed by atoms with E-state index in [4.69, 9.17) is 5.73 Å². The Bertz CT molecular complexity index is 519. The van der Waals surface area contributed by atoms with Crippen molar-refractivity contribution in [1.82, 2.24) is 15.0 Å². The Morgan fingerprint density at radius 1 is 1.35 bits per heavy atom. The summed E-state index contributed by atoms with van der Waals surface area (Å²) in [5, 5.41) is 7.98. The fourth-order valence-corrected chi connectivity index (χ4v) is 1.84. The smallest absolute Gasteiger partial charge is 0.148 e. The lowest BCUT2D eigenvalue weighted by Crippen LogP contribution is -2.09. The molecule has 2 N–H and O–H groups in total. The molecule has 0 saturated carbocycles. The monoisotopic (exact) mass is 234 g/mol. The lowest BCUT2D eigenvalue weighted by molar-refractivity contribution is 0.598. The van der Waals surface area contributed by atoms with E-state index in [2.05, 4.69) is 10.3 Å². The molecule has 1 aromatic heterocycles. The van der Waals surface area contributed by atoms with Crippen molar-refractivity contribution in [3.63, 3.8) is 0 Å². The first-order valence-corrected chi connectivity index (χ1v) is 5.54. The zero-order valence-corrected chi connectivity index (χ0v) is 9.89. The molecule has 0 bridgehead atoms. The molecule has 0 fully saturated rings. The number of halogens is 1. The molecule has 0 aliphatic rings. The second kappa shape index (κ2) is 4.63. The number of hydrogen-bond acceptors (Lipinski definition) is 3. The van der Waals surface area contributed by atoms with Crippen molar-refractivity contribution in [3.8, 4) is 5.69 Å². The van der Waals surface area contributed by atoms with Gasteiger partial charge in [-0.1, -0.05) is 31.2 Å². The number of aromatic nitrogens is 3. The Kier molecular flexibility index (Phi) is 3.19. The van der Waals surface area contributed by atoms with Crippen molar-refractivity contribution < 1.29 is 4.39 Å². The van der Waals surface area contributed by atoms with Gasteiger partial charge in [0.2, 0.25) is 0 Å². The SMILES string of the molecule is CC(C)c1c(CN)nnn1-c1ccccc1F. The van der Waals surface area contributed by atoms with Gasteiger partial charge < -0.3 is 5.73 Å². The third-order valence-electron chi connectivity index (χ3n) is 2.60. The molecule has 0 amide bonds. The van der Waals surface area contributed by atoms with Crippen LogP contribution in [0.1, 0.15) is 31.2 Å². The fourth-order valence-electron chi connectivity index (χ4n) is 1.84. The van der Waals surface area contributed by atoms with E-state index in [9.17, 15) is 4.39 Å². The summed E-state index contributed by atoms with van der Waals surface area (Å²) in [4.78, 5) is 0. The van der Waals surface area contributed by atoms with Crippen molar-refractivity contribution in [2.24, 2.45) is 5.73 Å². The number of nitrogens with two attached hydrogens (primary N) is 1. The lowest BCUT2D eigenvalue weighted by Gasteiger charge is -2.10. The highest BCUT2D eigenvalue weighted by molar-refractivity contribution is 5.35. The maximum atomic E-state index is 13.7. The summed E-state index contributed by atoms with van der Waals surface area (Å²) >= 11 is 0. The van der Waals surface area contributed by atoms with Crippen LogP contribution in [0, 0.1) is 5.82 Å². The molecule has 1 heterocycles. The van der Waals surface area contributed by atoms with Gasteiger partial charge >= 0.3 is 0 Å². The first-order chi connectivity index (χ1) is 8.15. The largest absolute Gasteiger partial charge is 0.325 e. The van der Waals surface area contributed by atoms with Crippen LogP contribution in [-0.4, -0.2) is 15.0 Å². The molecule has 0 atom stereocenters. The minimum Gasteiger partial charge on any atom is -0.325 e. The van der Waals surface area contributed by atoms with Crippen molar-refractivity contribution in [1.29, 1.82) is 0 Å². The molecule has 4 nitrogen and oxygen atoms in total. The van der Waals surface area contributed by atoms with Gasteiger partial charge in [0.05, 0.1) is 5.69 Å². The van der Waals surface area contributed by atoms with Crippen LogP contribution in [0.3, 0.4) is 0 Å². The third kappa shape index (κ3) is 2.06. The predicted molar refractivity (Wildman–Crippen MR) is 63.3 cm³/mol. The van der Waals surface area contributed by atoms with Crippen molar-refractivity contribution in [2.45, 2.75) is 26.3 Å². The molecule has 5 heteroatoms. The second-order valence-corrected chi connectivity index (χ2v) is 4.14. The van der Waals surface area contributed by atoms with Crippen LogP contribution < -0.4 is 5.73 Å². The topological polar surface area (TPSA) is 56.7 Å². The molecule has 0 unspecified atom stereocenters. The number of hydrogen-bond donors (Lipinski definition) is 1. The van der Waals surface area contributed by atoms with E-state index in [1.165, 1.54) is 10.7 Å². The molecular formula is C12H15FN4. The summed E-state index contributed by atoms with van der Waals surface area (Å²) < 4.78 is 15.2. The average molecular weight is 234 g/mol. The fraction of sp³-hybridized carbons (Fsp3) is 0.333. The van der Waals surface area contributed by atoms with E-state index in [0.717, 1.165) is 5.69 Å². The molecule has 0 saturated heterocycles. The third-order valence-corrected chi connectivity index (χ3v) is 2.60. The predicted octanol–water partition coefficient (Wildman–Crippen LogP) is 1.99. The molecule has 0 aliphatic carbocycles. The highest BCUT2D eigenvalue weighted by atomic mass is 19.1. The molecule has 1 aromatic carbocycles. The standard InChI is InChI=1S/C12H15FN4/c1-8(2)12-10(7-14)15-16-17(12)11-6-4-3-5-9(11)13/h3-6,8H,7,14H2,1-2H3. The number of rotatable bonds is 3. The van der Waals surface area contributed by atoms with Gasteiger partial charge in [-0.05, 0) is 18.1 Å². The van der Waals surface area contributed by atoms with Gasteiger partial charge in [-0.15, -0.1) is 5.10 Å². The zero-order chi connectivity index (χ0) is 12.4. The summed E-state index contributed by atoms with van der Waals surface area (Å²) in [7, 11) is 0. The summed E-state index contributed by atoms with van der Waals surface area (Å²) in [5.41, 5.74) is 7.58. The molecule has 90 valence electrons. The van der Waals surface area contributed by atoms with Crippen LogP contribution in [0.2, 0.25) is 0 Å². The van der Waals surface area contributed by atoms with E-state index in [0.29, 0.717) is 17.9 Å². The summed E-state index contributed by atoms with van der Waals surface area (Å²) in [5.74, 6) is -0.133. The minimum atomic E-state index is -0.317. The minimum absolute atomic E-state index is 0.183. The molecule has 0 aliphatic heterocycles. The van der Waals surface area contributed by atoms with Crippen molar-refractivity contribution in [3.05, 3.63) is 41.5 Å². The Labute approximate surface area is 99.2 Å². The molecule has 2 aromatic rings. The number of para-hydroxylation sites is 1. The highest BCUT2D eigenvalue weighted by Gasteiger charge is 2.17. The van der Waals surface area contributed by atoms with Crippen LogP contribution in [0.5, 0.6) is 0 Å². The summed E-state index contributed by atoms with van der Waals surface area (Å²) in [6, 6.07) is 6.50. The van der Waals surface area contributed by atoms with Gasteiger partial charge in [0.15, 0.2) is 0 Å². The van der Waals surface area contributed by atoms with Crippen LogP contribution in [-0.2, 0) is 6.54 Å². The second-order valence-electron chi connectivity index (χ2n) is 4.14. The first-order valence-electron chi connectivity index (χ1n) is 5.54. The highest BCUT2D eigenvalue weighted by Crippen LogP contribution is 2.22. The first kappa shape index (κ1) is 11.7. The molecular weight excluding hydrogens is 219 g/mol.